The molecule has 0 saturated heterocycles. The van der Waals surface area contributed by atoms with Crippen molar-refractivity contribution in [2.45, 2.75) is 9.79 Å². The van der Waals surface area contributed by atoms with Gasteiger partial charge in [-0.3, -0.25) is 9.69 Å². The molecule has 1 aliphatic rings. The van der Waals surface area contributed by atoms with Gasteiger partial charge in [0.15, 0.2) is 13.2 Å². The maximum Gasteiger partial charge on any atom is 0.344 e. The minimum atomic E-state index is -0.592. The molecule has 1 heterocycles. The number of nitrogens with zero attached hydrogens (tertiary/aromatic N) is 1. The lowest BCUT2D eigenvalue weighted by Crippen LogP contribution is -2.33. The summed E-state index contributed by atoms with van der Waals surface area (Å²) in [6.45, 7) is -0.607. The van der Waals surface area contributed by atoms with Gasteiger partial charge < -0.3 is 9.47 Å². The lowest BCUT2D eigenvalue weighted by molar-refractivity contribution is -0.149. The summed E-state index contributed by atoms with van der Waals surface area (Å²) in [5.74, 6) is -0.333. The van der Waals surface area contributed by atoms with Crippen LogP contribution in [0.25, 0.3) is 0 Å². The fraction of sp³-hybridized carbons (Fsp3) is 0.0909. The number of hydrogen-bond acceptors (Lipinski definition) is 5. The van der Waals surface area contributed by atoms with Gasteiger partial charge in [-0.1, -0.05) is 54.2 Å². The Morgan fingerprint density at radius 2 is 1.32 bits per heavy atom. The highest BCUT2D eigenvalue weighted by molar-refractivity contribution is 7.99. The van der Waals surface area contributed by atoms with E-state index in [1.165, 1.54) is 0 Å². The molecular weight excluding hydrogens is 374 g/mol. The van der Waals surface area contributed by atoms with Crippen LogP contribution in [0.1, 0.15) is 0 Å². The zero-order valence-electron chi connectivity index (χ0n) is 14.9. The molecule has 0 fully saturated rings. The second-order valence-corrected chi connectivity index (χ2v) is 7.11. The third-order valence-electron chi connectivity index (χ3n) is 4.14. The van der Waals surface area contributed by atoms with E-state index >= 15 is 0 Å². The van der Waals surface area contributed by atoms with Crippen molar-refractivity contribution in [3.05, 3.63) is 78.9 Å². The van der Waals surface area contributed by atoms with Crippen molar-refractivity contribution >= 4 is 35.0 Å². The maximum atomic E-state index is 12.9. The normalized spacial score (nSPS) is 11.9. The smallest absolute Gasteiger partial charge is 0.344 e. The Morgan fingerprint density at radius 1 is 0.750 bits per heavy atom. The number of ether oxygens (including phenoxy) is 2. The molecule has 0 unspecified atom stereocenters. The molecule has 0 aliphatic carbocycles. The molecule has 3 aromatic carbocycles. The van der Waals surface area contributed by atoms with E-state index in [1.807, 2.05) is 66.7 Å². The predicted octanol–water partition coefficient (Wildman–Crippen LogP) is 4.44. The first-order valence-corrected chi connectivity index (χ1v) is 9.56. The van der Waals surface area contributed by atoms with Gasteiger partial charge in [0, 0.05) is 9.79 Å². The highest BCUT2D eigenvalue weighted by atomic mass is 32.2. The van der Waals surface area contributed by atoms with Gasteiger partial charge in [0.05, 0.1) is 11.4 Å². The number of anilines is 2. The molecule has 1 amide bonds. The van der Waals surface area contributed by atoms with E-state index in [9.17, 15) is 9.59 Å². The van der Waals surface area contributed by atoms with Crippen LogP contribution in [-0.2, 0) is 14.3 Å². The number of carbonyl (C=O) groups excluding carboxylic acids is 2. The van der Waals surface area contributed by atoms with Gasteiger partial charge in [0.25, 0.3) is 5.91 Å². The van der Waals surface area contributed by atoms with E-state index < -0.39 is 5.97 Å². The average Bonchev–Trinajstić information content (AvgIpc) is 2.75. The van der Waals surface area contributed by atoms with Crippen LogP contribution in [0.3, 0.4) is 0 Å². The molecular formula is C22H17NO4S. The summed E-state index contributed by atoms with van der Waals surface area (Å²) < 4.78 is 10.5. The Hall–Kier alpha value is -3.25. The number of fused-ring (bicyclic) bond motifs is 2. The number of hydrogen-bond donors (Lipinski definition) is 0. The van der Waals surface area contributed by atoms with Crippen LogP contribution in [0.5, 0.6) is 5.75 Å². The monoisotopic (exact) mass is 391 g/mol. The minimum Gasteiger partial charge on any atom is -0.482 e. The highest BCUT2D eigenvalue weighted by Gasteiger charge is 2.28. The quantitative estimate of drug-likeness (QED) is 0.602. The van der Waals surface area contributed by atoms with Gasteiger partial charge in [-0.25, -0.2) is 4.79 Å². The number of para-hydroxylation sites is 3. The largest absolute Gasteiger partial charge is 0.482 e. The molecule has 0 saturated carbocycles. The zero-order chi connectivity index (χ0) is 19.3. The predicted molar refractivity (Wildman–Crippen MR) is 107 cm³/mol. The van der Waals surface area contributed by atoms with Crippen LogP contribution >= 0.6 is 11.8 Å². The van der Waals surface area contributed by atoms with Gasteiger partial charge in [0.2, 0.25) is 0 Å². The van der Waals surface area contributed by atoms with E-state index in [-0.39, 0.29) is 19.1 Å². The van der Waals surface area contributed by atoms with Crippen molar-refractivity contribution in [3.63, 3.8) is 0 Å². The van der Waals surface area contributed by atoms with Crippen molar-refractivity contribution in [1.29, 1.82) is 0 Å². The first-order chi connectivity index (χ1) is 13.7. The summed E-state index contributed by atoms with van der Waals surface area (Å²) in [5.41, 5.74) is 1.57. The van der Waals surface area contributed by atoms with Crippen molar-refractivity contribution in [1.82, 2.24) is 0 Å². The van der Waals surface area contributed by atoms with E-state index in [4.69, 9.17) is 9.47 Å². The Balaban J connectivity index is 1.44. The lowest BCUT2D eigenvalue weighted by Gasteiger charge is -2.30. The molecule has 6 heteroatoms. The summed E-state index contributed by atoms with van der Waals surface area (Å²) >= 11 is 1.61. The lowest BCUT2D eigenvalue weighted by atomic mass is 10.2. The number of carbonyl (C=O) groups is 2. The summed E-state index contributed by atoms with van der Waals surface area (Å²) in [5, 5.41) is 0. The highest BCUT2D eigenvalue weighted by Crippen LogP contribution is 2.47. The molecule has 0 N–H and O–H groups in total. The van der Waals surface area contributed by atoms with Gasteiger partial charge in [0.1, 0.15) is 5.75 Å². The molecule has 4 rings (SSSR count). The fourth-order valence-electron chi connectivity index (χ4n) is 2.88. The first kappa shape index (κ1) is 18.1. The molecule has 1 aliphatic heterocycles. The van der Waals surface area contributed by atoms with Crippen LogP contribution in [-0.4, -0.2) is 25.1 Å². The van der Waals surface area contributed by atoms with Crippen LogP contribution in [0.2, 0.25) is 0 Å². The number of esters is 1. The molecule has 0 aromatic heterocycles. The van der Waals surface area contributed by atoms with Crippen molar-refractivity contribution in [2.75, 3.05) is 18.1 Å². The number of rotatable bonds is 5. The summed E-state index contributed by atoms with van der Waals surface area (Å²) in [6, 6.07) is 24.3. The second-order valence-electron chi connectivity index (χ2n) is 6.03. The SMILES string of the molecule is O=C(COc1ccccc1)OCC(=O)N1c2ccccc2Sc2ccccc21. The van der Waals surface area contributed by atoms with E-state index in [1.54, 1.807) is 28.8 Å². The zero-order valence-corrected chi connectivity index (χ0v) is 15.7. The van der Waals surface area contributed by atoms with Crippen LogP contribution in [0.15, 0.2) is 88.7 Å². The molecule has 0 spiro atoms. The third kappa shape index (κ3) is 3.87. The van der Waals surface area contributed by atoms with Gasteiger partial charge in [-0.2, -0.15) is 0 Å². The van der Waals surface area contributed by atoms with Crippen LogP contribution in [0.4, 0.5) is 11.4 Å². The summed E-state index contributed by atoms with van der Waals surface area (Å²) in [4.78, 5) is 28.4. The fourth-order valence-corrected chi connectivity index (χ4v) is 3.94. The Labute approximate surface area is 166 Å². The van der Waals surface area contributed by atoms with E-state index in [0.29, 0.717) is 5.75 Å². The Kier molecular flexibility index (Phi) is 5.30. The number of benzene rings is 3. The molecule has 0 atom stereocenters. The molecule has 140 valence electrons. The standard InChI is InChI=1S/C22H17NO4S/c24-21(14-27-22(25)15-26-16-8-2-1-3-9-16)23-17-10-4-6-12-19(17)28-20-13-7-5-11-18(20)23/h1-13H,14-15H2. The third-order valence-corrected chi connectivity index (χ3v) is 5.27. The average molecular weight is 391 g/mol. The van der Waals surface area contributed by atoms with E-state index in [0.717, 1.165) is 21.2 Å². The van der Waals surface area contributed by atoms with Gasteiger partial charge in [-0.05, 0) is 36.4 Å². The topological polar surface area (TPSA) is 55.8 Å². The molecule has 3 aromatic rings. The van der Waals surface area contributed by atoms with Crippen LogP contribution in [0, 0.1) is 0 Å². The van der Waals surface area contributed by atoms with E-state index in [2.05, 4.69) is 0 Å². The van der Waals surface area contributed by atoms with Crippen molar-refractivity contribution in [3.8, 4) is 5.75 Å². The maximum absolute atomic E-state index is 12.9. The minimum absolute atomic E-state index is 0.250. The van der Waals surface area contributed by atoms with Crippen molar-refractivity contribution in [2.24, 2.45) is 0 Å². The first-order valence-electron chi connectivity index (χ1n) is 8.75. The Bertz CT molecular complexity index is 961. The van der Waals surface area contributed by atoms with Gasteiger partial charge >= 0.3 is 5.97 Å². The Morgan fingerprint density at radius 3 is 1.96 bits per heavy atom. The molecule has 5 nitrogen and oxygen atoms in total. The van der Waals surface area contributed by atoms with Crippen LogP contribution < -0.4 is 9.64 Å². The molecule has 0 bridgehead atoms. The van der Waals surface area contributed by atoms with Gasteiger partial charge in [-0.15, -0.1) is 0 Å². The number of amides is 1. The summed E-state index contributed by atoms with van der Waals surface area (Å²) in [7, 11) is 0. The van der Waals surface area contributed by atoms with Crippen molar-refractivity contribution < 1.29 is 19.1 Å². The summed E-state index contributed by atoms with van der Waals surface area (Å²) in [6.07, 6.45) is 0. The molecule has 28 heavy (non-hydrogen) atoms. The second kappa shape index (κ2) is 8.19. The molecule has 0 radical (unpaired) electrons.